The molecule has 43 heavy (non-hydrogen) atoms. The molecular formula is C33H41N5O5. The quantitative estimate of drug-likeness (QED) is 0.0771. The second-order valence-corrected chi connectivity index (χ2v) is 10.5. The minimum Gasteiger partial charge on any atom is -0.494 e. The predicted octanol–water partition coefficient (Wildman–Crippen LogP) is 5.16. The van der Waals surface area contributed by atoms with Crippen molar-refractivity contribution in [3.63, 3.8) is 0 Å². The zero-order chi connectivity index (χ0) is 30.3. The number of benzene rings is 3. The van der Waals surface area contributed by atoms with Crippen LogP contribution >= 0.6 is 0 Å². The minimum atomic E-state index is -0.720. The van der Waals surface area contributed by atoms with Gasteiger partial charge in [-0.3, -0.25) is 0 Å². The highest BCUT2D eigenvalue weighted by atomic mass is 16.5. The highest BCUT2D eigenvalue weighted by Gasteiger charge is 2.18. The number of ether oxygens (including phenoxy) is 3. The van der Waals surface area contributed by atoms with Crippen LogP contribution in [0.5, 0.6) is 11.5 Å². The van der Waals surface area contributed by atoms with Crippen LogP contribution in [0.2, 0.25) is 0 Å². The third-order valence-electron chi connectivity index (χ3n) is 7.44. The van der Waals surface area contributed by atoms with Crippen molar-refractivity contribution in [2.75, 3.05) is 32.8 Å². The maximum Gasteiger partial charge on any atom is 0.435 e. The molecule has 1 fully saturated rings. The Labute approximate surface area is 252 Å². The van der Waals surface area contributed by atoms with Gasteiger partial charge < -0.3 is 35.8 Å². The van der Waals surface area contributed by atoms with Crippen LogP contribution in [0.4, 0.5) is 4.79 Å². The molecule has 1 amide bonds. The van der Waals surface area contributed by atoms with Crippen LogP contribution in [0, 0.1) is 5.92 Å². The standard InChI is InChI=1S/C33H41N5O5/c34-31(36-33(39)43-24-26-6-2-1-3-7-26)27-9-13-29(14-10-27)41-22-4-8-25-17-20-38(21-18-25)19-5-23-42-30-15-11-28(12-16-30)32(35)37-40/h1-3,6-7,9-16,25,40H,4-5,8,17-24H2,(H2,35,37)(H2,34,36,39). The van der Waals surface area contributed by atoms with Crippen molar-refractivity contribution in [2.45, 2.75) is 38.7 Å². The predicted molar refractivity (Wildman–Crippen MR) is 167 cm³/mol. The molecule has 0 saturated carbocycles. The van der Waals surface area contributed by atoms with Crippen LogP contribution in [0.15, 0.2) is 89.0 Å². The Hall–Kier alpha value is -4.57. The number of nitrogens with zero attached hydrogens (tertiary/aromatic N) is 3. The Morgan fingerprint density at radius 2 is 1.40 bits per heavy atom. The highest BCUT2D eigenvalue weighted by molar-refractivity contribution is 6.02. The van der Waals surface area contributed by atoms with E-state index in [0.29, 0.717) is 24.3 Å². The molecule has 1 aliphatic rings. The lowest BCUT2D eigenvalue weighted by Gasteiger charge is -2.32. The topological polar surface area (TPSA) is 145 Å². The van der Waals surface area contributed by atoms with Crippen LogP contribution in [-0.2, 0) is 11.3 Å². The van der Waals surface area contributed by atoms with Gasteiger partial charge in [0.2, 0.25) is 0 Å². The number of hydrogen-bond acceptors (Lipinski definition) is 7. The Morgan fingerprint density at radius 3 is 2.00 bits per heavy atom. The Bertz CT molecular complexity index is 1320. The molecule has 1 saturated heterocycles. The molecule has 1 heterocycles. The van der Waals surface area contributed by atoms with E-state index < -0.39 is 6.09 Å². The van der Waals surface area contributed by atoms with Crippen LogP contribution in [0.1, 0.15) is 48.8 Å². The normalized spacial score (nSPS) is 14.8. The maximum atomic E-state index is 12.0. The van der Waals surface area contributed by atoms with Crippen molar-refractivity contribution in [3.8, 4) is 11.5 Å². The number of amides is 1. The summed E-state index contributed by atoms with van der Waals surface area (Å²) in [4.78, 5) is 18.3. The summed E-state index contributed by atoms with van der Waals surface area (Å²) in [5.41, 5.74) is 13.8. The molecular weight excluding hydrogens is 546 g/mol. The van der Waals surface area contributed by atoms with Gasteiger partial charge in [-0.2, -0.15) is 4.99 Å². The Morgan fingerprint density at radius 1 is 0.814 bits per heavy atom. The summed E-state index contributed by atoms with van der Waals surface area (Å²) in [5.74, 6) is 2.46. The largest absolute Gasteiger partial charge is 0.494 e. The molecule has 0 spiro atoms. The number of carbonyl (C=O) groups is 1. The van der Waals surface area contributed by atoms with E-state index in [2.05, 4.69) is 15.0 Å². The van der Waals surface area contributed by atoms with Gasteiger partial charge in [0.25, 0.3) is 0 Å². The first kappa shape index (κ1) is 31.4. The van der Waals surface area contributed by atoms with Gasteiger partial charge >= 0.3 is 6.09 Å². The summed E-state index contributed by atoms with van der Waals surface area (Å²) < 4.78 is 16.9. The molecule has 228 valence electrons. The van der Waals surface area contributed by atoms with E-state index in [1.807, 2.05) is 54.6 Å². The number of hydrogen-bond donors (Lipinski definition) is 3. The lowest BCUT2D eigenvalue weighted by Crippen LogP contribution is -2.35. The Kier molecular flexibility index (Phi) is 12.2. The van der Waals surface area contributed by atoms with Crippen molar-refractivity contribution in [2.24, 2.45) is 27.5 Å². The van der Waals surface area contributed by atoms with Gasteiger partial charge in [0, 0.05) is 17.7 Å². The second kappa shape index (κ2) is 16.8. The van der Waals surface area contributed by atoms with Gasteiger partial charge in [0.1, 0.15) is 23.9 Å². The first-order chi connectivity index (χ1) is 21.0. The summed E-state index contributed by atoms with van der Waals surface area (Å²) in [6, 6.07) is 23.9. The molecule has 3 aromatic carbocycles. The second-order valence-electron chi connectivity index (χ2n) is 10.5. The molecule has 0 aromatic heterocycles. The van der Waals surface area contributed by atoms with E-state index in [1.165, 1.54) is 12.8 Å². The van der Waals surface area contributed by atoms with Crippen molar-refractivity contribution in [1.82, 2.24) is 4.90 Å². The smallest absolute Gasteiger partial charge is 0.435 e. The first-order valence-electron chi connectivity index (χ1n) is 14.7. The number of nitrogens with two attached hydrogens (primary N) is 2. The van der Waals surface area contributed by atoms with Crippen LogP contribution in [-0.4, -0.2) is 60.7 Å². The SMILES string of the molecule is N/C(=N\C(=O)OCc1ccccc1)c1ccc(OCCCC2CCN(CCCOc3ccc(/C(N)=N\O)cc3)CC2)cc1. The summed E-state index contributed by atoms with van der Waals surface area (Å²) >= 11 is 0. The molecule has 0 unspecified atom stereocenters. The Balaban J connectivity index is 1.05. The molecule has 0 aliphatic carbocycles. The monoisotopic (exact) mass is 587 g/mol. The van der Waals surface area contributed by atoms with Gasteiger partial charge in [-0.25, -0.2) is 4.79 Å². The van der Waals surface area contributed by atoms with Gasteiger partial charge in [0.15, 0.2) is 5.84 Å². The van der Waals surface area contributed by atoms with Crippen LogP contribution < -0.4 is 20.9 Å². The van der Waals surface area contributed by atoms with E-state index in [0.717, 1.165) is 61.9 Å². The number of carbonyl (C=O) groups excluding carboxylic acids is 1. The van der Waals surface area contributed by atoms with E-state index in [-0.39, 0.29) is 18.3 Å². The van der Waals surface area contributed by atoms with E-state index in [1.54, 1.807) is 24.3 Å². The van der Waals surface area contributed by atoms with Gasteiger partial charge in [0.05, 0.1) is 13.2 Å². The minimum absolute atomic E-state index is 0.0858. The first-order valence-corrected chi connectivity index (χ1v) is 14.7. The van der Waals surface area contributed by atoms with Crippen molar-refractivity contribution in [3.05, 3.63) is 95.6 Å². The average Bonchev–Trinajstić information content (AvgIpc) is 3.05. The molecule has 3 aromatic rings. The highest BCUT2D eigenvalue weighted by Crippen LogP contribution is 2.23. The fraction of sp³-hybridized carbons (Fsp3) is 0.364. The summed E-state index contributed by atoms with van der Waals surface area (Å²) in [6.07, 6.45) is 4.82. The van der Waals surface area contributed by atoms with Crippen LogP contribution in [0.3, 0.4) is 0 Å². The van der Waals surface area contributed by atoms with Crippen molar-refractivity contribution >= 4 is 17.8 Å². The molecule has 4 rings (SSSR count). The molecule has 1 aliphatic heterocycles. The zero-order valence-corrected chi connectivity index (χ0v) is 24.4. The average molecular weight is 588 g/mol. The lowest BCUT2D eigenvalue weighted by molar-refractivity contribution is 0.151. The van der Waals surface area contributed by atoms with Gasteiger partial charge in [-0.15, -0.1) is 0 Å². The van der Waals surface area contributed by atoms with Gasteiger partial charge in [-0.1, -0.05) is 35.5 Å². The lowest BCUT2D eigenvalue weighted by atomic mass is 9.92. The molecule has 0 bridgehead atoms. The zero-order valence-electron chi connectivity index (χ0n) is 24.4. The number of piperidine rings is 1. The summed E-state index contributed by atoms with van der Waals surface area (Å²) in [5, 5.41) is 11.7. The van der Waals surface area contributed by atoms with Crippen molar-refractivity contribution < 1.29 is 24.2 Å². The maximum absolute atomic E-state index is 12.0. The molecule has 5 N–H and O–H groups in total. The van der Waals surface area contributed by atoms with Gasteiger partial charge in [-0.05, 0) is 105 Å². The molecule has 10 nitrogen and oxygen atoms in total. The number of oxime groups is 1. The summed E-state index contributed by atoms with van der Waals surface area (Å²) in [6.45, 7) is 4.72. The van der Waals surface area contributed by atoms with Crippen LogP contribution in [0.25, 0.3) is 0 Å². The number of rotatable bonds is 14. The molecule has 0 atom stereocenters. The van der Waals surface area contributed by atoms with E-state index in [9.17, 15) is 4.79 Å². The number of aliphatic imine (C=N–C) groups is 1. The summed E-state index contributed by atoms with van der Waals surface area (Å²) in [7, 11) is 0. The number of amidine groups is 2. The third kappa shape index (κ3) is 10.6. The van der Waals surface area contributed by atoms with E-state index in [4.69, 9.17) is 30.9 Å². The van der Waals surface area contributed by atoms with E-state index >= 15 is 0 Å². The van der Waals surface area contributed by atoms with Crippen molar-refractivity contribution in [1.29, 1.82) is 0 Å². The molecule has 0 radical (unpaired) electrons. The molecule has 10 heteroatoms. The number of likely N-dealkylation sites (tertiary alicyclic amines) is 1. The third-order valence-corrected chi connectivity index (χ3v) is 7.44. The fourth-order valence-corrected chi connectivity index (χ4v) is 4.95. The fourth-order valence-electron chi connectivity index (χ4n) is 4.95.